The molecule has 6 heteroatoms. The Bertz CT molecular complexity index is 730. The third-order valence-corrected chi connectivity index (χ3v) is 3.02. The van der Waals surface area contributed by atoms with E-state index in [1.807, 2.05) is 20.8 Å². The number of carboxylic acid groups (broad SMARTS) is 1. The number of carbonyl (C=O) groups is 2. The van der Waals surface area contributed by atoms with Gasteiger partial charge in [-0.05, 0) is 69.3 Å². The molecule has 25 heavy (non-hydrogen) atoms. The number of nitrogens with one attached hydrogen (secondary N) is 1. The van der Waals surface area contributed by atoms with Gasteiger partial charge in [-0.3, -0.25) is 4.79 Å². The maximum atomic E-state index is 12.2. The van der Waals surface area contributed by atoms with Crippen LogP contribution < -0.4 is 14.8 Å². The van der Waals surface area contributed by atoms with Crippen molar-refractivity contribution in [3.63, 3.8) is 0 Å². The van der Waals surface area contributed by atoms with Crippen LogP contribution in [0.3, 0.4) is 0 Å². The number of anilines is 1. The lowest BCUT2D eigenvalue weighted by atomic mass is 10.1. The molecular formula is C19H21NO5. The number of hydrogen-bond acceptors (Lipinski definition) is 4. The smallest absolute Gasteiger partial charge is 0.341 e. The van der Waals surface area contributed by atoms with Gasteiger partial charge < -0.3 is 19.9 Å². The summed E-state index contributed by atoms with van der Waals surface area (Å²) >= 11 is 0. The number of carboxylic acids is 1. The van der Waals surface area contributed by atoms with Gasteiger partial charge in [0, 0.05) is 11.3 Å². The normalized spacial score (nSPS) is 10.8. The summed E-state index contributed by atoms with van der Waals surface area (Å²) in [6.07, 6.45) is 0. The fourth-order valence-electron chi connectivity index (χ4n) is 2.01. The molecule has 0 unspecified atom stereocenters. The first-order valence-electron chi connectivity index (χ1n) is 7.78. The second-order valence-electron chi connectivity index (χ2n) is 6.40. The Morgan fingerprint density at radius 2 is 1.52 bits per heavy atom. The van der Waals surface area contributed by atoms with Crippen LogP contribution in [0.15, 0.2) is 48.5 Å². The molecule has 0 aliphatic carbocycles. The van der Waals surface area contributed by atoms with Gasteiger partial charge in [-0.1, -0.05) is 0 Å². The van der Waals surface area contributed by atoms with Crippen molar-refractivity contribution in [3.05, 3.63) is 54.1 Å². The largest absolute Gasteiger partial charge is 0.488 e. The van der Waals surface area contributed by atoms with Gasteiger partial charge in [0.15, 0.2) is 6.61 Å². The predicted octanol–water partition coefficient (Wildman–Crippen LogP) is 3.58. The number of hydrogen-bond donors (Lipinski definition) is 2. The average Bonchev–Trinajstić information content (AvgIpc) is 2.53. The summed E-state index contributed by atoms with van der Waals surface area (Å²) in [5.74, 6) is -0.175. The lowest BCUT2D eigenvalue weighted by Gasteiger charge is -2.21. The topological polar surface area (TPSA) is 84.9 Å². The molecule has 2 aromatic carbocycles. The van der Waals surface area contributed by atoms with E-state index in [-0.39, 0.29) is 11.5 Å². The van der Waals surface area contributed by atoms with E-state index in [2.05, 4.69) is 5.32 Å². The van der Waals surface area contributed by atoms with Crippen molar-refractivity contribution >= 4 is 17.6 Å². The number of amides is 1. The molecule has 0 radical (unpaired) electrons. The van der Waals surface area contributed by atoms with Crippen LogP contribution in [0, 0.1) is 0 Å². The third kappa shape index (κ3) is 6.18. The first-order valence-corrected chi connectivity index (χ1v) is 7.78. The van der Waals surface area contributed by atoms with Gasteiger partial charge in [-0.25, -0.2) is 4.79 Å². The van der Waals surface area contributed by atoms with Crippen molar-refractivity contribution in [2.45, 2.75) is 26.4 Å². The molecule has 2 N–H and O–H groups in total. The summed E-state index contributed by atoms with van der Waals surface area (Å²) in [4.78, 5) is 22.7. The van der Waals surface area contributed by atoms with Gasteiger partial charge in [0.05, 0.1) is 0 Å². The highest BCUT2D eigenvalue weighted by Gasteiger charge is 2.12. The molecule has 6 nitrogen and oxygen atoms in total. The Balaban J connectivity index is 1.96. The zero-order chi connectivity index (χ0) is 18.4. The zero-order valence-corrected chi connectivity index (χ0v) is 14.4. The zero-order valence-electron chi connectivity index (χ0n) is 14.4. The van der Waals surface area contributed by atoms with Crippen LogP contribution >= 0.6 is 0 Å². The van der Waals surface area contributed by atoms with Crippen LogP contribution in [0.25, 0.3) is 0 Å². The van der Waals surface area contributed by atoms with E-state index in [0.29, 0.717) is 22.7 Å². The minimum atomic E-state index is -1.05. The minimum absolute atomic E-state index is 0.249. The summed E-state index contributed by atoms with van der Waals surface area (Å²) in [6.45, 7) is 5.46. The number of aliphatic carboxylic acids is 1. The molecular weight excluding hydrogens is 322 g/mol. The molecule has 0 saturated heterocycles. The molecule has 2 rings (SSSR count). The quantitative estimate of drug-likeness (QED) is 0.837. The summed E-state index contributed by atoms with van der Waals surface area (Å²) in [7, 11) is 0. The Kier molecular flexibility index (Phi) is 5.64. The highest BCUT2D eigenvalue weighted by molar-refractivity contribution is 6.04. The number of benzene rings is 2. The maximum Gasteiger partial charge on any atom is 0.341 e. The van der Waals surface area contributed by atoms with Crippen molar-refractivity contribution in [1.29, 1.82) is 0 Å². The van der Waals surface area contributed by atoms with Crippen LogP contribution in [-0.4, -0.2) is 29.2 Å². The summed E-state index contributed by atoms with van der Waals surface area (Å²) in [6, 6.07) is 13.4. The van der Waals surface area contributed by atoms with E-state index >= 15 is 0 Å². The van der Waals surface area contributed by atoms with Gasteiger partial charge in [0.25, 0.3) is 5.91 Å². The molecule has 2 aromatic rings. The Hall–Kier alpha value is -3.02. The van der Waals surface area contributed by atoms with E-state index in [1.54, 1.807) is 48.5 Å². The summed E-state index contributed by atoms with van der Waals surface area (Å²) < 4.78 is 10.8. The Morgan fingerprint density at radius 1 is 0.960 bits per heavy atom. The number of ether oxygens (including phenoxy) is 2. The standard InChI is InChI=1S/C19H21NO5/c1-19(2,3)25-16-8-4-13(5-9-16)18(23)20-14-6-10-15(11-7-14)24-12-17(21)22/h4-11H,12H2,1-3H3,(H,20,23)(H,21,22). The fraction of sp³-hybridized carbons (Fsp3) is 0.263. The van der Waals surface area contributed by atoms with E-state index in [1.165, 1.54) is 0 Å². The van der Waals surface area contributed by atoms with Crippen LogP contribution in [0.2, 0.25) is 0 Å². The van der Waals surface area contributed by atoms with Crippen molar-refractivity contribution in [2.75, 3.05) is 11.9 Å². The first-order chi connectivity index (χ1) is 11.7. The Morgan fingerprint density at radius 3 is 2.04 bits per heavy atom. The molecule has 0 aliphatic heterocycles. The molecule has 0 aromatic heterocycles. The molecule has 132 valence electrons. The Labute approximate surface area is 146 Å². The number of carbonyl (C=O) groups excluding carboxylic acids is 1. The van der Waals surface area contributed by atoms with Crippen LogP contribution in [0.5, 0.6) is 11.5 Å². The first kappa shape index (κ1) is 18.3. The lowest BCUT2D eigenvalue weighted by Crippen LogP contribution is -2.23. The van der Waals surface area contributed by atoms with Crippen molar-refractivity contribution in [1.82, 2.24) is 0 Å². The fourth-order valence-corrected chi connectivity index (χ4v) is 2.01. The molecule has 1 amide bonds. The van der Waals surface area contributed by atoms with Crippen LogP contribution in [0.4, 0.5) is 5.69 Å². The van der Waals surface area contributed by atoms with Gasteiger partial charge in [0.1, 0.15) is 17.1 Å². The van der Waals surface area contributed by atoms with E-state index in [0.717, 1.165) is 0 Å². The molecule has 0 fully saturated rings. The van der Waals surface area contributed by atoms with Crippen LogP contribution in [0.1, 0.15) is 31.1 Å². The van der Waals surface area contributed by atoms with Crippen LogP contribution in [-0.2, 0) is 4.79 Å². The van der Waals surface area contributed by atoms with Crippen molar-refractivity contribution < 1.29 is 24.2 Å². The molecule has 0 aliphatic rings. The molecule has 0 atom stereocenters. The second-order valence-corrected chi connectivity index (χ2v) is 6.40. The van der Waals surface area contributed by atoms with Gasteiger partial charge in [-0.2, -0.15) is 0 Å². The minimum Gasteiger partial charge on any atom is -0.488 e. The van der Waals surface area contributed by atoms with E-state index < -0.39 is 12.6 Å². The van der Waals surface area contributed by atoms with Crippen molar-refractivity contribution in [3.8, 4) is 11.5 Å². The maximum absolute atomic E-state index is 12.2. The third-order valence-electron chi connectivity index (χ3n) is 3.02. The second kappa shape index (κ2) is 7.70. The average molecular weight is 343 g/mol. The molecule has 0 bridgehead atoms. The number of rotatable bonds is 6. The molecule has 0 spiro atoms. The van der Waals surface area contributed by atoms with E-state index in [4.69, 9.17) is 14.6 Å². The van der Waals surface area contributed by atoms with Crippen molar-refractivity contribution in [2.24, 2.45) is 0 Å². The monoisotopic (exact) mass is 343 g/mol. The van der Waals surface area contributed by atoms with E-state index in [9.17, 15) is 9.59 Å². The van der Waals surface area contributed by atoms with Gasteiger partial charge >= 0.3 is 5.97 Å². The highest BCUT2D eigenvalue weighted by atomic mass is 16.5. The molecule has 0 saturated carbocycles. The summed E-state index contributed by atoms with van der Waals surface area (Å²) in [5.41, 5.74) is 0.795. The molecule has 0 heterocycles. The predicted molar refractivity (Wildman–Crippen MR) is 94.3 cm³/mol. The van der Waals surface area contributed by atoms with Gasteiger partial charge in [-0.15, -0.1) is 0 Å². The SMILES string of the molecule is CC(C)(C)Oc1ccc(C(=O)Nc2ccc(OCC(=O)O)cc2)cc1. The highest BCUT2D eigenvalue weighted by Crippen LogP contribution is 2.20. The lowest BCUT2D eigenvalue weighted by molar-refractivity contribution is -0.139. The summed E-state index contributed by atoms with van der Waals surface area (Å²) in [5, 5.41) is 11.3. The van der Waals surface area contributed by atoms with Gasteiger partial charge in [0.2, 0.25) is 0 Å².